The largest absolute Gasteiger partial charge is 0.350 e. The molecule has 0 spiro atoms. The molecule has 0 unspecified atom stereocenters. The van der Waals surface area contributed by atoms with Crippen molar-refractivity contribution in [1.82, 2.24) is 0 Å². The van der Waals surface area contributed by atoms with Crippen molar-refractivity contribution in [3.8, 4) is 0 Å². The lowest BCUT2D eigenvalue weighted by Crippen LogP contribution is -2.18. The van der Waals surface area contributed by atoms with Gasteiger partial charge in [0, 0.05) is 21.2 Å². The maximum atomic E-state index is 12.4. The maximum absolute atomic E-state index is 12.4. The summed E-state index contributed by atoms with van der Waals surface area (Å²) >= 11 is 13.6. The fraction of sp³-hybridized carbons (Fsp3) is 0.0667. The fourth-order valence-corrected chi connectivity index (χ4v) is 3.70. The number of carbonyl (C=O) groups is 1. The maximum Gasteiger partial charge on any atom is 0.350 e. The average Bonchev–Trinajstić information content (AvgIpc) is 2.75. The lowest BCUT2D eigenvalue weighted by atomic mass is 10.2. The van der Waals surface area contributed by atoms with E-state index in [-0.39, 0.29) is 5.91 Å². The number of benzene rings is 1. The number of aromatic amines is 1. The molecule has 0 saturated heterocycles. The van der Waals surface area contributed by atoms with Crippen LogP contribution in [0, 0.1) is 6.92 Å². The van der Waals surface area contributed by atoms with E-state index in [0.717, 1.165) is 15.6 Å². The Balaban J connectivity index is 1.96. The minimum atomic E-state index is -0.237. The molecule has 21 heavy (non-hydrogen) atoms. The summed E-state index contributed by atoms with van der Waals surface area (Å²) in [6.07, 6.45) is 1.78. The molecule has 0 aliphatic rings. The zero-order valence-corrected chi connectivity index (χ0v) is 13.4. The van der Waals surface area contributed by atoms with E-state index >= 15 is 0 Å². The smallest absolute Gasteiger partial charge is 0.247 e. The number of aryl methyl sites for hydroxylation is 1. The summed E-state index contributed by atoms with van der Waals surface area (Å²) in [5.74, 6) is 0.394. The van der Waals surface area contributed by atoms with Gasteiger partial charge in [0.15, 0.2) is 0 Å². The van der Waals surface area contributed by atoms with Crippen LogP contribution in [0.3, 0.4) is 0 Å². The predicted octanol–water partition coefficient (Wildman–Crippen LogP) is 4.58. The highest BCUT2D eigenvalue weighted by Gasteiger charge is 2.21. The molecule has 3 rings (SSSR count). The number of thiophene rings is 1. The van der Waals surface area contributed by atoms with Gasteiger partial charge in [0.2, 0.25) is 0 Å². The number of H-pyrrole nitrogens is 1. The number of anilines is 1. The number of aromatic nitrogens is 1. The van der Waals surface area contributed by atoms with Crippen LogP contribution >= 0.6 is 34.5 Å². The van der Waals surface area contributed by atoms with Crippen LogP contribution in [0.1, 0.15) is 15.2 Å². The van der Waals surface area contributed by atoms with E-state index < -0.39 is 0 Å². The standard InChI is InChI=1S/C15H10Cl2N2OS/c1-8-4-5-18-12(6-8)19-15(20)14-13(17)10-3-2-9(16)7-11(10)21-14/h2-7H,1H3,(H,18,19,20)/p+1. The Hall–Kier alpha value is -1.62. The van der Waals surface area contributed by atoms with Crippen LogP contribution in [0.25, 0.3) is 10.1 Å². The molecule has 0 aliphatic carbocycles. The molecule has 2 heterocycles. The zero-order chi connectivity index (χ0) is 15.0. The SMILES string of the molecule is Cc1cc[nH+]c(NC(=O)c2sc3cc(Cl)ccc3c2Cl)c1. The molecular weight excluding hydrogens is 327 g/mol. The minimum Gasteiger partial charge on any atom is -0.247 e. The molecule has 3 aromatic rings. The topological polar surface area (TPSA) is 43.2 Å². The van der Waals surface area contributed by atoms with Gasteiger partial charge in [-0.15, -0.1) is 11.3 Å². The first-order valence-electron chi connectivity index (χ1n) is 6.22. The van der Waals surface area contributed by atoms with Crippen LogP contribution in [-0.2, 0) is 0 Å². The normalized spacial score (nSPS) is 10.8. The molecule has 3 nitrogen and oxygen atoms in total. The molecule has 2 N–H and O–H groups in total. The Morgan fingerprint density at radius 3 is 2.81 bits per heavy atom. The van der Waals surface area contributed by atoms with Gasteiger partial charge in [0.25, 0.3) is 5.82 Å². The van der Waals surface area contributed by atoms with Crippen molar-refractivity contribution in [2.75, 3.05) is 5.32 Å². The van der Waals surface area contributed by atoms with Crippen LogP contribution in [-0.4, -0.2) is 5.91 Å². The summed E-state index contributed by atoms with van der Waals surface area (Å²) in [5, 5.41) is 4.73. The molecule has 1 amide bonds. The van der Waals surface area contributed by atoms with Gasteiger partial charge < -0.3 is 0 Å². The number of fused-ring (bicyclic) bond motifs is 1. The number of pyridine rings is 1. The van der Waals surface area contributed by atoms with Crippen LogP contribution in [0.2, 0.25) is 10.0 Å². The van der Waals surface area contributed by atoms with Gasteiger partial charge in [-0.05, 0) is 30.7 Å². The summed E-state index contributed by atoms with van der Waals surface area (Å²) in [6, 6.07) is 9.17. The highest BCUT2D eigenvalue weighted by Crippen LogP contribution is 2.36. The number of hydrogen-bond acceptors (Lipinski definition) is 2. The lowest BCUT2D eigenvalue weighted by Gasteiger charge is -1.97. The van der Waals surface area contributed by atoms with Crippen LogP contribution < -0.4 is 10.3 Å². The van der Waals surface area contributed by atoms with Crippen molar-refractivity contribution in [3.63, 3.8) is 0 Å². The average molecular weight is 338 g/mol. The van der Waals surface area contributed by atoms with Crippen LogP contribution in [0.15, 0.2) is 36.5 Å². The summed E-state index contributed by atoms with van der Waals surface area (Å²) in [6.45, 7) is 1.96. The molecule has 0 atom stereocenters. The van der Waals surface area contributed by atoms with Crippen LogP contribution in [0.4, 0.5) is 5.82 Å². The number of nitrogens with one attached hydrogen (secondary N) is 2. The summed E-state index contributed by atoms with van der Waals surface area (Å²) < 4.78 is 0.894. The van der Waals surface area contributed by atoms with E-state index in [1.165, 1.54) is 11.3 Å². The molecule has 2 aromatic heterocycles. The highest BCUT2D eigenvalue weighted by molar-refractivity contribution is 7.21. The third-order valence-electron chi connectivity index (χ3n) is 3.00. The first-order valence-corrected chi connectivity index (χ1v) is 7.79. The van der Waals surface area contributed by atoms with Gasteiger partial charge in [-0.2, -0.15) is 0 Å². The summed E-state index contributed by atoms with van der Waals surface area (Å²) in [5.41, 5.74) is 1.05. The van der Waals surface area contributed by atoms with Crippen molar-refractivity contribution >= 4 is 56.3 Å². The Morgan fingerprint density at radius 2 is 2.05 bits per heavy atom. The van der Waals surface area contributed by atoms with E-state index in [1.54, 1.807) is 12.3 Å². The molecule has 0 saturated carbocycles. The van der Waals surface area contributed by atoms with Gasteiger partial charge in [-0.1, -0.05) is 29.3 Å². The molecule has 0 radical (unpaired) electrons. The number of hydrogen-bond donors (Lipinski definition) is 1. The lowest BCUT2D eigenvalue weighted by molar-refractivity contribution is -0.360. The first-order chi connectivity index (χ1) is 10.0. The first kappa shape index (κ1) is 14.3. The van der Waals surface area contributed by atoms with Crippen LogP contribution in [0.5, 0.6) is 0 Å². The summed E-state index contributed by atoms with van der Waals surface area (Å²) in [7, 11) is 0. The Morgan fingerprint density at radius 1 is 1.24 bits per heavy atom. The third kappa shape index (κ3) is 2.88. The Bertz CT molecular complexity index is 845. The number of rotatable bonds is 2. The molecule has 0 fully saturated rings. The van der Waals surface area contributed by atoms with E-state index in [2.05, 4.69) is 10.3 Å². The second-order valence-electron chi connectivity index (χ2n) is 4.62. The molecule has 0 bridgehead atoms. The fourth-order valence-electron chi connectivity index (χ4n) is 2.02. The molecule has 0 aliphatic heterocycles. The molecule has 1 aromatic carbocycles. The zero-order valence-electron chi connectivity index (χ0n) is 11.0. The third-order valence-corrected chi connectivity index (χ3v) is 4.89. The van der Waals surface area contributed by atoms with E-state index in [1.807, 2.05) is 31.2 Å². The molecule has 106 valence electrons. The Kier molecular flexibility index (Phi) is 3.85. The van der Waals surface area contributed by atoms with Gasteiger partial charge in [0.05, 0.1) is 11.2 Å². The number of halogens is 2. The minimum absolute atomic E-state index is 0.237. The van der Waals surface area contributed by atoms with Crippen molar-refractivity contribution < 1.29 is 9.78 Å². The van der Waals surface area contributed by atoms with Crippen molar-refractivity contribution in [1.29, 1.82) is 0 Å². The van der Waals surface area contributed by atoms with Gasteiger partial charge in [0.1, 0.15) is 4.88 Å². The highest BCUT2D eigenvalue weighted by atomic mass is 35.5. The van der Waals surface area contributed by atoms with E-state index in [4.69, 9.17) is 23.2 Å². The monoisotopic (exact) mass is 337 g/mol. The van der Waals surface area contributed by atoms with Crippen molar-refractivity contribution in [3.05, 3.63) is 57.0 Å². The Labute approximate surface area is 135 Å². The molecule has 6 heteroatoms. The van der Waals surface area contributed by atoms with E-state index in [0.29, 0.717) is 20.7 Å². The van der Waals surface area contributed by atoms with Crippen molar-refractivity contribution in [2.45, 2.75) is 6.92 Å². The molecular formula is C15H11Cl2N2OS+. The second kappa shape index (κ2) is 5.64. The van der Waals surface area contributed by atoms with E-state index in [9.17, 15) is 4.79 Å². The summed E-state index contributed by atoms with van der Waals surface area (Å²) in [4.78, 5) is 15.8. The predicted molar refractivity (Wildman–Crippen MR) is 87.5 cm³/mol. The second-order valence-corrected chi connectivity index (χ2v) is 6.49. The quantitative estimate of drug-likeness (QED) is 0.730. The van der Waals surface area contributed by atoms with Crippen molar-refractivity contribution in [2.24, 2.45) is 0 Å². The van der Waals surface area contributed by atoms with Gasteiger partial charge in [-0.3, -0.25) is 0 Å². The number of amides is 1. The number of carbonyl (C=O) groups excluding carboxylic acids is 1. The van der Waals surface area contributed by atoms with Gasteiger partial charge >= 0.3 is 5.91 Å². The van der Waals surface area contributed by atoms with Gasteiger partial charge in [-0.25, -0.2) is 15.1 Å².